The van der Waals surface area contributed by atoms with E-state index in [1.54, 1.807) is 12.1 Å². The van der Waals surface area contributed by atoms with Crippen LogP contribution in [-0.4, -0.2) is 34.7 Å². The van der Waals surface area contributed by atoms with Crippen molar-refractivity contribution in [2.45, 2.75) is 18.9 Å². The van der Waals surface area contributed by atoms with Gasteiger partial charge >= 0.3 is 0 Å². The van der Waals surface area contributed by atoms with E-state index >= 15 is 0 Å². The highest BCUT2D eigenvalue weighted by molar-refractivity contribution is 9.10. The summed E-state index contributed by atoms with van der Waals surface area (Å²) >= 11 is 3.29. The highest BCUT2D eigenvalue weighted by atomic mass is 79.9. The summed E-state index contributed by atoms with van der Waals surface area (Å²) in [7, 11) is 0. The van der Waals surface area contributed by atoms with Crippen molar-refractivity contribution in [3.8, 4) is 11.5 Å². The largest absolute Gasteiger partial charge is 0.334 e. The topological polar surface area (TPSA) is 68.2 Å². The van der Waals surface area contributed by atoms with Gasteiger partial charge in [0.15, 0.2) is 5.82 Å². The lowest BCUT2D eigenvalue weighted by molar-refractivity contribution is 0.306. The monoisotopic (exact) mass is 354 g/mol. The number of hydrogen-bond donors (Lipinski definition) is 1. The van der Waals surface area contributed by atoms with Gasteiger partial charge in [-0.1, -0.05) is 11.2 Å². The third kappa shape index (κ3) is 3.14. The number of likely N-dealkylation sites (tertiary alicyclic amines) is 1. The highest BCUT2D eigenvalue weighted by Gasteiger charge is 2.22. The van der Waals surface area contributed by atoms with E-state index in [0.717, 1.165) is 13.1 Å². The summed E-state index contributed by atoms with van der Waals surface area (Å²) in [5, 5.41) is 3.89. The molecule has 1 aliphatic rings. The van der Waals surface area contributed by atoms with Gasteiger partial charge in [0.25, 0.3) is 5.89 Å². The lowest BCUT2D eigenvalue weighted by Crippen LogP contribution is -2.30. The molecule has 0 spiro atoms. The Morgan fingerprint density at radius 2 is 2.14 bits per heavy atom. The Kier molecular flexibility index (Phi) is 4.32. The second-order valence-corrected chi connectivity index (χ2v) is 6.02. The van der Waals surface area contributed by atoms with Crippen LogP contribution in [0.5, 0.6) is 0 Å². The molecular weight excluding hydrogens is 339 g/mol. The van der Waals surface area contributed by atoms with Gasteiger partial charge in [0.1, 0.15) is 5.82 Å². The number of rotatable bonds is 4. The molecule has 0 bridgehead atoms. The lowest BCUT2D eigenvalue weighted by atomic mass is 10.2. The van der Waals surface area contributed by atoms with E-state index in [2.05, 4.69) is 31.0 Å². The molecule has 0 amide bonds. The van der Waals surface area contributed by atoms with Crippen LogP contribution in [0, 0.1) is 5.82 Å². The Morgan fingerprint density at radius 1 is 1.38 bits per heavy atom. The lowest BCUT2D eigenvalue weighted by Gasteiger charge is -2.17. The molecule has 5 nitrogen and oxygen atoms in total. The molecule has 1 saturated heterocycles. The van der Waals surface area contributed by atoms with E-state index < -0.39 is 5.82 Å². The average molecular weight is 355 g/mol. The first-order valence-electron chi connectivity index (χ1n) is 6.91. The normalized spacial score (nSPS) is 17.3. The fourth-order valence-electron chi connectivity index (χ4n) is 2.51. The summed E-state index contributed by atoms with van der Waals surface area (Å²) in [5.41, 5.74) is 6.38. The summed E-state index contributed by atoms with van der Waals surface area (Å²) in [5.74, 6) is 0.145. The van der Waals surface area contributed by atoms with Crippen molar-refractivity contribution in [2.24, 2.45) is 5.73 Å². The van der Waals surface area contributed by atoms with E-state index in [4.69, 9.17) is 10.3 Å². The number of nitrogens with two attached hydrogens (primary N) is 1. The van der Waals surface area contributed by atoms with Crippen LogP contribution in [0.15, 0.2) is 27.2 Å². The number of benzene rings is 1. The second-order valence-electron chi connectivity index (χ2n) is 5.17. The minimum absolute atomic E-state index is 0.145. The van der Waals surface area contributed by atoms with E-state index in [0.29, 0.717) is 16.8 Å². The van der Waals surface area contributed by atoms with Gasteiger partial charge in [0.2, 0.25) is 0 Å². The van der Waals surface area contributed by atoms with Crippen molar-refractivity contribution in [1.29, 1.82) is 0 Å². The van der Waals surface area contributed by atoms with Crippen molar-refractivity contribution in [2.75, 3.05) is 19.6 Å². The SMILES string of the molecule is NC(CN1CCCC1)c1noc(-c2c(F)cccc2Br)n1. The minimum atomic E-state index is -0.410. The molecule has 1 atom stereocenters. The number of hydrogen-bond acceptors (Lipinski definition) is 5. The average Bonchev–Trinajstić information content (AvgIpc) is 3.10. The van der Waals surface area contributed by atoms with Gasteiger partial charge in [-0.05, 0) is 54.0 Å². The summed E-state index contributed by atoms with van der Waals surface area (Å²) in [6, 6.07) is 4.37. The minimum Gasteiger partial charge on any atom is -0.334 e. The van der Waals surface area contributed by atoms with Gasteiger partial charge in [0.05, 0.1) is 11.6 Å². The van der Waals surface area contributed by atoms with Crippen LogP contribution in [0.25, 0.3) is 11.5 Å². The van der Waals surface area contributed by atoms with Crippen LogP contribution in [0.2, 0.25) is 0 Å². The number of aromatic nitrogens is 2. The molecule has 2 heterocycles. The van der Waals surface area contributed by atoms with Crippen LogP contribution in [0.4, 0.5) is 4.39 Å². The predicted molar refractivity (Wildman–Crippen MR) is 80.0 cm³/mol. The smallest absolute Gasteiger partial charge is 0.262 e. The molecule has 0 saturated carbocycles. The molecule has 2 aromatic rings. The molecule has 2 N–H and O–H groups in total. The zero-order valence-electron chi connectivity index (χ0n) is 11.4. The summed E-state index contributed by atoms with van der Waals surface area (Å²) in [4.78, 5) is 6.52. The Morgan fingerprint density at radius 3 is 2.86 bits per heavy atom. The number of nitrogens with zero attached hydrogens (tertiary/aromatic N) is 3. The van der Waals surface area contributed by atoms with Gasteiger partial charge < -0.3 is 15.2 Å². The van der Waals surface area contributed by atoms with E-state index in [1.807, 2.05) is 0 Å². The summed E-state index contributed by atoms with van der Waals surface area (Å²) in [6.45, 7) is 2.80. The first-order chi connectivity index (χ1) is 10.1. The molecule has 1 aliphatic heterocycles. The molecule has 0 radical (unpaired) electrons. The Bertz CT molecular complexity index is 607. The van der Waals surface area contributed by atoms with Gasteiger partial charge in [-0.15, -0.1) is 0 Å². The van der Waals surface area contributed by atoms with Gasteiger partial charge in [-0.2, -0.15) is 4.98 Å². The first kappa shape index (κ1) is 14.6. The Balaban J connectivity index is 1.79. The molecule has 0 aliphatic carbocycles. The summed E-state index contributed by atoms with van der Waals surface area (Å²) < 4.78 is 19.6. The molecule has 3 rings (SSSR count). The van der Waals surface area contributed by atoms with Gasteiger partial charge in [0, 0.05) is 11.0 Å². The van der Waals surface area contributed by atoms with Crippen LogP contribution < -0.4 is 5.73 Å². The number of halogens is 2. The molecule has 1 fully saturated rings. The van der Waals surface area contributed by atoms with Crippen molar-refractivity contribution < 1.29 is 8.91 Å². The van der Waals surface area contributed by atoms with Crippen molar-refractivity contribution in [3.63, 3.8) is 0 Å². The summed E-state index contributed by atoms with van der Waals surface area (Å²) in [6.07, 6.45) is 2.40. The molecular formula is C14H16BrFN4O. The highest BCUT2D eigenvalue weighted by Crippen LogP contribution is 2.30. The van der Waals surface area contributed by atoms with Crippen molar-refractivity contribution >= 4 is 15.9 Å². The standard InChI is InChI=1S/C14H16BrFN4O/c15-9-4-3-5-10(16)12(9)14-18-13(19-21-14)11(17)8-20-6-1-2-7-20/h3-5,11H,1-2,6-8,17H2. The van der Waals surface area contributed by atoms with Crippen molar-refractivity contribution in [1.82, 2.24) is 15.0 Å². The fourth-order valence-corrected chi connectivity index (χ4v) is 3.03. The van der Waals surface area contributed by atoms with E-state index in [9.17, 15) is 4.39 Å². The second kappa shape index (κ2) is 6.21. The van der Waals surface area contributed by atoms with Crippen LogP contribution in [0.1, 0.15) is 24.7 Å². The molecule has 21 heavy (non-hydrogen) atoms. The van der Waals surface area contributed by atoms with Crippen LogP contribution in [-0.2, 0) is 0 Å². The van der Waals surface area contributed by atoms with Crippen LogP contribution >= 0.6 is 15.9 Å². The maximum atomic E-state index is 13.9. The third-order valence-corrected chi connectivity index (χ3v) is 4.26. The van der Waals surface area contributed by atoms with Crippen LogP contribution in [0.3, 0.4) is 0 Å². The Labute approximate surface area is 130 Å². The molecule has 1 aromatic heterocycles. The molecule has 112 valence electrons. The van der Waals surface area contributed by atoms with E-state index in [-0.39, 0.29) is 17.5 Å². The fraction of sp³-hybridized carbons (Fsp3) is 0.429. The maximum Gasteiger partial charge on any atom is 0.262 e. The third-order valence-electron chi connectivity index (χ3n) is 3.60. The molecule has 7 heteroatoms. The Hall–Kier alpha value is -1.31. The van der Waals surface area contributed by atoms with Gasteiger partial charge in [-0.25, -0.2) is 4.39 Å². The van der Waals surface area contributed by atoms with Gasteiger partial charge in [-0.3, -0.25) is 0 Å². The first-order valence-corrected chi connectivity index (χ1v) is 7.70. The van der Waals surface area contributed by atoms with Crippen molar-refractivity contribution in [3.05, 3.63) is 34.3 Å². The molecule has 1 unspecified atom stereocenters. The van der Waals surface area contributed by atoms with E-state index in [1.165, 1.54) is 18.9 Å². The molecule has 1 aromatic carbocycles. The maximum absolute atomic E-state index is 13.9. The zero-order valence-corrected chi connectivity index (χ0v) is 13.0. The zero-order chi connectivity index (χ0) is 14.8. The predicted octanol–water partition coefficient (Wildman–Crippen LogP) is 2.73. The quantitative estimate of drug-likeness (QED) is 0.914.